The van der Waals surface area contributed by atoms with Crippen molar-refractivity contribution in [2.24, 2.45) is 0 Å². The van der Waals surface area contributed by atoms with E-state index >= 15 is 0 Å². The normalized spacial score (nSPS) is 24.5. The molecule has 1 aliphatic rings. The molecular formula is C12H26InNS. The van der Waals surface area contributed by atoms with Crippen LogP contribution in [0.1, 0.15) is 51.9 Å². The van der Waals surface area contributed by atoms with E-state index in [1.54, 1.807) is 0 Å². The average molecular weight is 331 g/mol. The molecule has 1 rings (SSSR count). The van der Waals surface area contributed by atoms with Crippen LogP contribution in [0, 0.1) is 0 Å². The molecule has 2 unspecified atom stereocenters. The first-order valence-electron chi connectivity index (χ1n) is 6.66. The summed E-state index contributed by atoms with van der Waals surface area (Å²) in [5, 5.41) is 0.666. The fourth-order valence-electron chi connectivity index (χ4n) is 2.39. The number of hydrogen-bond donors (Lipinski definition) is 1. The molecule has 0 radical (unpaired) electrons. The van der Waals surface area contributed by atoms with Crippen molar-refractivity contribution in [3.05, 3.63) is 0 Å². The molecule has 0 aromatic carbocycles. The van der Waals surface area contributed by atoms with Crippen LogP contribution in [0.15, 0.2) is 0 Å². The summed E-state index contributed by atoms with van der Waals surface area (Å²) in [4.78, 5) is 2.70. The van der Waals surface area contributed by atoms with Gasteiger partial charge in [-0.2, -0.15) is 0 Å². The Labute approximate surface area is 115 Å². The topological polar surface area (TPSA) is 3.24 Å². The molecule has 0 aliphatic carbocycles. The first kappa shape index (κ1) is 14.2. The molecule has 1 saturated heterocycles. The summed E-state index contributed by atoms with van der Waals surface area (Å²) in [5.41, 5.74) is 0. The van der Waals surface area contributed by atoms with Crippen LogP contribution in [0.3, 0.4) is 0 Å². The molecule has 0 N–H and O–H groups in total. The Kier molecular flexibility index (Phi) is 7.88. The van der Waals surface area contributed by atoms with Crippen molar-refractivity contribution in [2.75, 3.05) is 13.1 Å². The predicted octanol–water partition coefficient (Wildman–Crippen LogP) is 2.31. The van der Waals surface area contributed by atoms with Gasteiger partial charge in [0.2, 0.25) is 0 Å². The summed E-state index contributed by atoms with van der Waals surface area (Å²) in [6.07, 6.45) is 9.96. The Hall–Kier alpha value is 1.18. The third kappa shape index (κ3) is 5.88. The fraction of sp³-hybridized carbons (Fsp3) is 1.00. The first-order valence-corrected chi connectivity index (χ1v) is 10.5. The molecule has 0 bridgehead atoms. The Morgan fingerprint density at radius 1 is 1.33 bits per heavy atom. The molecule has 0 saturated carbocycles. The number of thiol groups is 1. The summed E-state index contributed by atoms with van der Waals surface area (Å²) in [5.74, 6) is 0. The van der Waals surface area contributed by atoms with Gasteiger partial charge in [-0.05, 0) is 0 Å². The van der Waals surface area contributed by atoms with E-state index in [0.717, 1.165) is 28.2 Å². The first-order chi connectivity index (χ1) is 7.24. The van der Waals surface area contributed by atoms with Crippen molar-refractivity contribution < 1.29 is 0 Å². The zero-order valence-corrected chi connectivity index (χ0v) is 17.0. The SMILES string of the molecule is CCCCCCC[CH]([InH2])N1CCC(S)C1. The van der Waals surface area contributed by atoms with Crippen LogP contribution >= 0.6 is 12.6 Å². The van der Waals surface area contributed by atoms with E-state index in [1.807, 2.05) is 0 Å². The number of unbranched alkanes of at least 4 members (excludes halogenated alkanes) is 4. The van der Waals surface area contributed by atoms with E-state index in [1.165, 1.54) is 58.0 Å². The third-order valence-corrected chi connectivity index (χ3v) is 7.70. The van der Waals surface area contributed by atoms with Crippen LogP contribution in [0.5, 0.6) is 0 Å². The van der Waals surface area contributed by atoms with Gasteiger partial charge in [0.1, 0.15) is 0 Å². The number of nitrogens with zero attached hydrogens (tertiary/aromatic N) is 1. The van der Waals surface area contributed by atoms with E-state index in [0.29, 0.717) is 5.25 Å². The second-order valence-electron chi connectivity index (χ2n) is 4.99. The van der Waals surface area contributed by atoms with Gasteiger partial charge in [-0.15, -0.1) is 0 Å². The molecule has 1 aliphatic heterocycles. The van der Waals surface area contributed by atoms with Gasteiger partial charge in [0.15, 0.2) is 0 Å². The molecule has 1 fully saturated rings. The van der Waals surface area contributed by atoms with Gasteiger partial charge in [0.05, 0.1) is 0 Å². The molecule has 1 heterocycles. The van der Waals surface area contributed by atoms with Gasteiger partial charge in [-0.25, -0.2) is 0 Å². The second kappa shape index (κ2) is 8.30. The van der Waals surface area contributed by atoms with Gasteiger partial charge < -0.3 is 0 Å². The van der Waals surface area contributed by atoms with Crippen LogP contribution in [-0.4, -0.2) is 51.4 Å². The quantitative estimate of drug-likeness (QED) is 0.554. The molecule has 0 amide bonds. The van der Waals surface area contributed by atoms with Gasteiger partial charge >= 0.3 is 116 Å². The predicted molar refractivity (Wildman–Crippen MR) is 74.7 cm³/mol. The molecule has 1 nitrogen and oxygen atoms in total. The summed E-state index contributed by atoms with van der Waals surface area (Å²) in [7, 11) is 0. The van der Waals surface area contributed by atoms with Gasteiger partial charge in [0.25, 0.3) is 0 Å². The van der Waals surface area contributed by atoms with Crippen molar-refractivity contribution in [1.29, 1.82) is 0 Å². The van der Waals surface area contributed by atoms with E-state index in [-0.39, 0.29) is 0 Å². The van der Waals surface area contributed by atoms with Crippen molar-refractivity contribution in [1.82, 2.24) is 4.90 Å². The summed E-state index contributed by atoms with van der Waals surface area (Å²) in [6.45, 7) is 4.87. The van der Waals surface area contributed by atoms with Crippen molar-refractivity contribution >= 4 is 37.0 Å². The third-order valence-electron chi connectivity index (χ3n) is 3.54. The summed E-state index contributed by atoms with van der Waals surface area (Å²) < 4.78 is 0.991. The fourth-order valence-corrected chi connectivity index (χ4v) is 5.22. The second-order valence-corrected chi connectivity index (χ2v) is 9.52. The maximum absolute atomic E-state index is 4.57. The van der Waals surface area contributed by atoms with Gasteiger partial charge in [0, 0.05) is 0 Å². The minimum atomic E-state index is 0.666. The van der Waals surface area contributed by atoms with Crippen LogP contribution in [0.4, 0.5) is 0 Å². The zero-order chi connectivity index (χ0) is 11.1. The number of rotatable bonds is 7. The molecule has 2 atom stereocenters. The molecule has 3 heteroatoms. The van der Waals surface area contributed by atoms with E-state index in [2.05, 4.69) is 24.5 Å². The van der Waals surface area contributed by atoms with Crippen LogP contribution in [-0.2, 0) is 0 Å². The molecule has 0 aromatic rings. The Morgan fingerprint density at radius 2 is 2.07 bits per heavy atom. The Morgan fingerprint density at radius 3 is 2.67 bits per heavy atom. The maximum atomic E-state index is 4.57. The minimum absolute atomic E-state index is 0.666. The van der Waals surface area contributed by atoms with E-state index in [4.69, 9.17) is 0 Å². The van der Waals surface area contributed by atoms with E-state index < -0.39 is 0 Å². The van der Waals surface area contributed by atoms with Gasteiger partial charge in [-0.1, -0.05) is 0 Å². The van der Waals surface area contributed by atoms with Crippen molar-refractivity contribution in [3.8, 4) is 0 Å². The molecule has 15 heavy (non-hydrogen) atoms. The summed E-state index contributed by atoms with van der Waals surface area (Å²) in [6, 6.07) is 0. The zero-order valence-electron chi connectivity index (χ0n) is 10.4. The molecule has 88 valence electrons. The Balaban J connectivity index is 2.00. The Bertz CT molecular complexity index is 166. The molecule has 0 spiro atoms. The van der Waals surface area contributed by atoms with Crippen LogP contribution in [0.25, 0.3) is 0 Å². The molecule has 0 aromatic heterocycles. The molecular weight excluding hydrogens is 305 g/mol. The van der Waals surface area contributed by atoms with Crippen molar-refractivity contribution in [2.45, 2.75) is 60.9 Å². The average Bonchev–Trinajstić information content (AvgIpc) is 2.64. The van der Waals surface area contributed by atoms with Crippen LogP contribution in [0.2, 0.25) is 0 Å². The van der Waals surface area contributed by atoms with Crippen molar-refractivity contribution in [3.63, 3.8) is 0 Å². The van der Waals surface area contributed by atoms with E-state index in [9.17, 15) is 0 Å². The van der Waals surface area contributed by atoms with Crippen LogP contribution < -0.4 is 0 Å². The number of hydrogen-bond acceptors (Lipinski definition) is 2. The number of likely N-dealkylation sites (tertiary alicyclic amines) is 1. The standard InChI is InChI=1S/C12H24NS.In.2H/c1-2-3-4-5-6-7-9-13-10-8-12(14)11-13;;;/h9,12,14H,2-8,10-11H2,1H3;;;. The summed E-state index contributed by atoms with van der Waals surface area (Å²) >= 11 is 5.36. The monoisotopic (exact) mass is 331 g/mol. The van der Waals surface area contributed by atoms with Gasteiger partial charge in [-0.3, -0.25) is 0 Å².